The van der Waals surface area contributed by atoms with Crippen LogP contribution < -0.4 is 0 Å². The number of thiophene rings is 2. The van der Waals surface area contributed by atoms with E-state index in [4.69, 9.17) is 0 Å². The first-order chi connectivity index (χ1) is 9.40. The van der Waals surface area contributed by atoms with Crippen molar-refractivity contribution in [3.63, 3.8) is 0 Å². The van der Waals surface area contributed by atoms with Gasteiger partial charge in [0.15, 0.2) is 0 Å². The van der Waals surface area contributed by atoms with Gasteiger partial charge in [-0.1, -0.05) is 36.4 Å². The zero-order valence-electron chi connectivity index (χ0n) is 9.87. The van der Waals surface area contributed by atoms with E-state index in [1.54, 1.807) is 17.4 Å². The fourth-order valence-electron chi connectivity index (χ4n) is 1.96. The molecule has 0 saturated carbocycles. The molecule has 92 valence electrons. The number of aliphatic imine (C=N–C) groups is 1. The largest absolute Gasteiger partial charge is 0.241 e. The minimum absolute atomic E-state index is 0.719. The van der Waals surface area contributed by atoms with Crippen LogP contribution in [0.5, 0.6) is 0 Å². The Balaban J connectivity index is 2.24. The highest BCUT2D eigenvalue weighted by molar-refractivity contribution is 7.17. The first-order valence-electron chi connectivity index (χ1n) is 5.69. The summed E-state index contributed by atoms with van der Waals surface area (Å²) in [5.41, 5.74) is 3.27. The Morgan fingerprint density at radius 1 is 1.00 bits per heavy atom. The highest BCUT2D eigenvalue weighted by Crippen LogP contribution is 2.45. The Kier molecular flexibility index (Phi) is 3.38. The van der Waals surface area contributed by atoms with E-state index in [1.165, 1.54) is 11.3 Å². The van der Waals surface area contributed by atoms with Gasteiger partial charge in [0.05, 0.1) is 0 Å². The van der Waals surface area contributed by atoms with E-state index in [1.807, 2.05) is 41.1 Å². The molecule has 0 unspecified atom stereocenters. The van der Waals surface area contributed by atoms with Crippen LogP contribution in [-0.2, 0) is 4.79 Å². The summed E-state index contributed by atoms with van der Waals surface area (Å²) in [4.78, 5) is 15.5. The molecule has 0 fully saturated rings. The number of hydrogen-bond donors (Lipinski definition) is 0. The van der Waals surface area contributed by atoms with Gasteiger partial charge in [0, 0.05) is 21.4 Å². The van der Waals surface area contributed by atoms with Gasteiger partial charge >= 0.3 is 0 Å². The van der Waals surface area contributed by atoms with Crippen LogP contribution in [-0.4, -0.2) is 6.08 Å². The van der Waals surface area contributed by atoms with Crippen molar-refractivity contribution in [1.82, 2.24) is 0 Å². The van der Waals surface area contributed by atoms with Crippen molar-refractivity contribution < 1.29 is 4.79 Å². The maximum Gasteiger partial charge on any atom is 0.241 e. The SMILES string of the molecule is O=C=Nc1scc(-c2ccccc2)c1-c1cccs1. The molecule has 0 saturated heterocycles. The highest BCUT2D eigenvalue weighted by Gasteiger charge is 2.15. The standard InChI is InChI=1S/C15H9NOS2/c17-10-16-15-14(13-7-4-8-18-13)12(9-19-15)11-5-2-1-3-6-11/h1-9H. The van der Waals surface area contributed by atoms with Crippen molar-refractivity contribution >= 4 is 33.8 Å². The molecular formula is C15H9NOS2. The molecule has 2 aromatic heterocycles. The third kappa shape index (κ3) is 2.29. The first-order valence-corrected chi connectivity index (χ1v) is 7.44. The maximum absolute atomic E-state index is 10.6. The molecule has 0 aliphatic rings. The lowest BCUT2D eigenvalue weighted by atomic mass is 10.0. The minimum Gasteiger partial charge on any atom is -0.211 e. The Labute approximate surface area is 118 Å². The van der Waals surface area contributed by atoms with Gasteiger partial charge in [-0.25, -0.2) is 4.79 Å². The molecule has 19 heavy (non-hydrogen) atoms. The van der Waals surface area contributed by atoms with Gasteiger partial charge < -0.3 is 0 Å². The normalized spacial score (nSPS) is 10.1. The maximum atomic E-state index is 10.6. The predicted molar refractivity (Wildman–Crippen MR) is 80.8 cm³/mol. The number of hydrogen-bond acceptors (Lipinski definition) is 4. The lowest BCUT2D eigenvalue weighted by Gasteiger charge is -2.03. The van der Waals surface area contributed by atoms with Crippen LogP contribution in [0.4, 0.5) is 5.00 Å². The van der Waals surface area contributed by atoms with Crippen molar-refractivity contribution in [2.24, 2.45) is 4.99 Å². The van der Waals surface area contributed by atoms with Crippen LogP contribution in [0.2, 0.25) is 0 Å². The highest BCUT2D eigenvalue weighted by atomic mass is 32.1. The summed E-state index contributed by atoms with van der Waals surface area (Å²) in [6.45, 7) is 0. The molecule has 3 aromatic rings. The van der Waals surface area contributed by atoms with Gasteiger partial charge in [-0.05, 0) is 17.0 Å². The van der Waals surface area contributed by atoms with Gasteiger partial charge in [-0.3, -0.25) is 0 Å². The average Bonchev–Trinajstić information content (AvgIpc) is 3.08. The molecule has 0 aliphatic carbocycles. The molecule has 0 aliphatic heterocycles. The molecular weight excluding hydrogens is 274 g/mol. The molecule has 0 atom stereocenters. The summed E-state index contributed by atoms with van der Waals surface area (Å²) in [7, 11) is 0. The summed E-state index contributed by atoms with van der Waals surface area (Å²) in [5.74, 6) is 0. The zero-order chi connectivity index (χ0) is 13.1. The van der Waals surface area contributed by atoms with Gasteiger partial charge in [-0.15, -0.1) is 22.7 Å². The van der Waals surface area contributed by atoms with Crippen molar-refractivity contribution in [3.05, 3.63) is 53.2 Å². The Morgan fingerprint density at radius 3 is 2.53 bits per heavy atom. The molecule has 1 aromatic carbocycles. The predicted octanol–water partition coefficient (Wildman–Crippen LogP) is 5.11. The Hall–Kier alpha value is -2.00. The first kappa shape index (κ1) is 12.1. The van der Waals surface area contributed by atoms with Crippen LogP contribution >= 0.6 is 22.7 Å². The second-order valence-corrected chi connectivity index (χ2v) is 5.68. The molecule has 2 heterocycles. The van der Waals surface area contributed by atoms with Gasteiger partial charge in [0.25, 0.3) is 0 Å². The van der Waals surface area contributed by atoms with E-state index in [-0.39, 0.29) is 0 Å². The van der Waals surface area contributed by atoms with E-state index in [0.717, 1.165) is 26.6 Å². The van der Waals surface area contributed by atoms with E-state index < -0.39 is 0 Å². The molecule has 3 rings (SSSR count). The van der Waals surface area contributed by atoms with E-state index in [2.05, 4.69) is 17.1 Å². The Bertz CT molecular complexity index is 723. The topological polar surface area (TPSA) is 29.4 Å². The Morgan fingerprint density at radius 2 is 1.84 bits per heavy atom. The lowest BCUT2D eigenvalue weighted by Crippen LogP contribution is -1.77. The fraction of sp³-hybridized carbons (Fsp3) is 0. The minimum atomic E-state index is 0.719. The van der Waals surface area contributed by atoms with Crippen LogP contribution in [0.15, 0.2) is 58.2 Å². The summed E-state index contributed by atoms with van der Waals surface area (Å²) in [6, 6.07) is 14.2. The van der Waals surface area contributed by atoms with Gasteiger partial charge in [0.1, 0.15) is 5.00 Å². The summed E-state index contributed by atoms with van der Waals surface area (Å²) < 4.78 is 0. The molecule has 0 radical (unpaired) electrons. The van der Waals surface area contributed by atoms with Crippen molar-refractivity contribution in [3.8, 4) is 21.6 Å². The number of rotatable bonds is 3. The lowest BCUT2D eigenvalue weighted by molar-refractivity contribution is 0.565. The second kappa shape index (κ2) is 5.33. The number of nitrogens with zero attached hydrogens (tertiary/aromatic N) is 1. The molecule has 2 nitrogen and oxygen atoms in total. The van der Waals surface area contributed by atoms with Crippen molar-refractivity contribution in [2.75, 3.05) is 0 Å². The average molecular weight is 283 g/mol. The summed E-state index contributed by atoms with van der Waals surface area (Å²) >= 11 is 3.12. The van der Waals surface area contributed by atoms with Gasteiger partial charge in [0.2, 0.25) is 6.08 Å². The molecule has 0 amide bonds. The van der Waals surface area contributed by atoms with Crippen LogP contribution in [0.25, 0.3) is 21.6 Å². The molecule has 0 bridgehead atoms. The second-order valence-electron chi connectivity index (χ2n) is 3.88. The molecule has 0 spiro atoms. The van der Waals surface area contributed by atoms with E-state index >= 15 is 0 Å². The van der Waals surface area contributed by atoms with Crippen LogP contribution in [0.1, 0.15) is 0 Å². The molecule has 4 heteroatoms. The van der Waals surface area contributed by atoms with Crippen LogP contribution in [0.3, 0.4) is 0 Å². The van der Waals surface area contributed by atoms with E-state index in [0.29, 0.717) is 0 Å². The summed E-state index contributed by atoms with van der Waals surface area (Å²) in [5, 5.41) is 4.79. The number of benzene rings is 1. The van der Waals surface area contributed by atoms with Crippen molar-refractivity contribution in [2.45, 2.75) is 0 Å². The number of carbonyl (C=O) groups excluding carboxylic acids is 1. The fourth-order valence-corrected chi connectivity index (χ4v) is 3.72. The quantitative estimate of drug-likeness (QED) is 0.485. The summed E-state index contributed by atoms with van der Waals surface area (Å²) in [6.07, 6.45) is 1.64. The zero-order valence-corrected chi connectivity index (χ0v) is 11.5. The number of isocyanates is 1. The molecule has 0 N–H and O–H groups in total. The third-order valence-electron chi connectivity index (χ3n) is 2.77. The smallest absolute Gasteiger partial charge is 0.211 e. The van der Waals surface area contributed by atoms with Gasteiger partial charge in [-0.2, -0.15) is 4.99 Å². The monoisotopic (exact) mass is 283 g/mol. The third-order valence-corrected chi connectivity index (χ3v) is 4.53. The van der Waals surface area contributed by atoms with Crippen LogP contribution in [0, 0.1) is 0 Å². The van der Waals surface area contributed by atoms with E-state index in [9.17, 15) is 4.79 Å². The van der Waals surface area contributed by atoms with Crippen molar-refractivity contribution in [1.29, 1.82) is 0 Å².